The quantitative estimate of drug-likeness (QED) is 0.671. The van der Waals surface area contributed by atoms with Crippen molar-refractivity contribution < 1.29 is 5.11 Å². The zero-order valence-corrected chi connectivity index (χ0v) is 16.9. The highest BCUT2D eigenvalue weighted by molar-refractivity contribution is 7.56. The molecule has 26 heavy (non-hydrogen) atoms. The van der Waals surface area contributed by atoms with Crippen LogP contribution in [0.25, 0.3) is 0 Å². The van der Waals surface area contributed by atoms with E-state index in [0.717, 1.165) is 17.4 Å². The molecule has 1 unspecified atom stereocenters. The molecule has 1 N–H and O–H groups in total. The summed E-state index contributed by atoms with van der Waals surface area (Å²) >= 11 is 0. The van der Waals surface area contributed by atoms with Crippen molar-refractivity contribution in [3.8, 4) is 5.75 Å². The number of aryl methyl sites for hydroxylation is 3. The van der Waals surface area contributed by atoms with Gasteiger partial charge in [0.25, 0.3) is 0 Å². The van der Waals surface area contributed by atoms with Crippen molar-refractivity contribution in [3.63, 3.8) is 0 Å². The molecule has 1 atom stereocenters. The summed E-state index contributed by atoms with van der Waals surface area (Å²) in [5.41, 5.74) is 5.92. The van der Waals surface area contributed by atoms with E-state index < -0.39 is 0 Å². The third kappa shape index (κ3) is 4.08. The summed E-state index contributed by atoms with van der Waals surface area (Å²) in [5.74, 6) is 0.425. The van der Waals surface area contributed by atoms with E-state index in [4.69, 9.17) is 0 Å². The SMILES string of the molecule is Cc1cc(C)c(O)c(Pc2c(C)cccc2N(C)Cc2ccccc2)c1. The third-order valence-corrected chi connectivity index (χ3v) is 6.18. The van der Waals surface area contributed by atoms with Gasteiger partial charge in [-0.25, -0.2) is 0 Å². The monoisotopic (exact) mass is 363 g/mol. The lowest BCUT2D eigenvalue weighted by Crippen LogP contribution is -2.23. The van der Waals surface area contributed by atoms with Gasteiger partial charge in [-0.15, -0.1) is 0 Å². The zero-order chi connectivity index (χ0) is 18.7. The molecule has 3 heteroatoms. The highest BCUT2D eigenvalue weighted by Gasteiger charge is 2.14. The van der Waals surface area contributed by atoms with E-state index in [1.807, 2.05) is 19.1 Å². The summed E-state index contributed by atoms with van der Waals surface area (Å²) in [6.07, 6.45) is 0. The number of phenols is 1. The Balaban J connectivity index is 1.95. The van der Waals surface area contributed by atoms with Crippen molar-refractivity contribution in [1.82, 2.24) is 0 Å². The number of rotatable bonds is 5. The number of nitrogens with zero attached hydrogens (tertiary/aromatic N) is 1. The molecule has 0 heterocycles. The molecule has 0 spiro atoms. The van der Waals surface area contributed by atoms with Gasteiger partial charge in [-0.2, -0.15) is 0 Å². The summed E-state index contributed by atoms with van der Waals surface area (Å²) in [4.78, 5) is 2.30. The molecule has 0 radical (unpaired) electrons. The van der Waals surface area contributed by atoms with Crippen LogP contribution in [0.3, 0.4) is 0 Å². The molecule has 3 rings (SSSR count). The Morgan fingerprint density at radius 1 is 0.885 bits per heavy atom. The van der Waals surface area contributed by atoms with Gasteiger partial charge in [0.05, 0.1) is 0 Å². The van der Waals surface area contributed by atoms with Crippen molar-refractivity contribution in [2.75, 3.05) is 11.9 Å². The van der Waals surface area contributed by atoms with E-state index in [1.54, 1.807) is 0 Å². The molecule has 0 aliphatic rings. The number of hydrogen-bond donors (Lipinski definition) is 1. The fourth-order valence-electron chi connectivity index (χ4n) is 3.27. The fourth-order valence-corrected chi connectivity index (χ4v) is 4.83. The second-order valence-electron chi connectivity index (χ2n) is 6.91. The van der Waals surface area contributed by atoms with Crippen LogP contribution in [0.15, 0.2) is 60.7 Å². The average Bonchev–Trinajstić information content (AvgIpc) is 2.61. The number of phenolic OH excluding ortho intramolecular Hbond substituents is 1. The predicted octanol–water partition coefficient (Wildman–Crippen LogP) is 4.58. The van der Waals surface area contributed by atoms with E-state index in [0.29, 0.717) is 14.3 Å². The van der Waals surface area contributed by atoms with Crippen LogP contribution in [0.5, 0.6) is 5.75 Å². The molecule has 0 aromatic heterocycles. The van der Waals surface area contributed by atoms with Gasteiger partial charge in [0.15, 0.2) is 0 Å². The normalized spacial score (nSPS) is 11.2. The summed E-state index contributed by atoms with van der Waals surface area (Å²) in [5, 5.41) is 12.8. The minimum Gasteiger partial charge on any atom is -0.507 e. The molecular weight excluding hydrogens is 337 g/mol. The van der Waals surface area contributed by atoms with Crippen molar-refractivity contribution >= 4 is 24.9 Å². The predicted molar refractivity (Wildman–Crippen MR) is 115 cm³/mol. The molecule has 0 aliphatic carbocycles. The summed E-state index contributed by atoms with van der Waals surface area (Å²) in [6.45, 7) is 7.07. The van der Waals surface area contributed by atoms with E-state index in [-0.39, 0.29) is 0 Å². The van der Waals surface area contributed by atoms with Gasteiger partial charge < -0.3 is 10.0 Å². The Morgan fingerprint density at radius 2 is 1.62 bits per heavy atom. The molecule has 0 saturated carbocycles. The second-order valence-corrected chi connectivity index (χ2v) is 8.20. The molecule has 0 fully saturated rings. The van der Waals surface area contributed by atoms with Gasteiger partial charge in [-0.1, -0.05) is 57.1 Å². The van der Waals surface area contributed by atoms with Gasteiger partial charge in [0.2, 0.25) is 0 Å². The van der Waals surface area contributed by atoms with Crippen LogP contribution in [0.2, 0.25) is 0 Å². The van der Waals surface area contributed by atoms with Crippen LogP contribution < -0.4 is 15.5 Å². The van der Waals surface area contributed by atoms with E-state index >= 15 is 0 Å². The third-order valence-electron chi connectivity index (χ3n) is 4.63. The first-order valence-electron chi connectivity index (χ1n) is 8.87. The maximum absolute atomic E-state index is 10.5. The molecule has 3 aromatic rings. The molecule has 0 saturated heterocycles. The summed E-state index contributed by atoms with van der Waals surface area (Å²) in [7, 11) is 2.56. The smallest absolute Gasteiger partial charge is 0.126 e. The minimum absolute atomic E-state index is 0.425. The summed E-state index contributed by atoms with van der Waals surface area (Å²) < 4.78 is 0. The Bertz CT molecular complexity index is 906. The maximum atomic E-state index is 10.5. The van der Waals surface area contributed by atoms with Crippen molar-refractivity contribution in [1.29, 1.82) is 0 Å². The molecule has 134 valence electrons. The number of anilines is 1. The van der Waals surface area contributed by atoms with Gasteiger partial charge in [0.1, 0.15) is 5.75 Å². The zero-order valence-electron chi connectivity index (χ0n) is 15.9. The van der Waals surface area contributed by atoms with E-state index in [2.05, 4.69) is 74.3 Å². The maximum Gasteiger partial charge on any atom is 0.126 e. The molecule has 0 bridgehead atoms. The molecule has 0 amide bonds. The minimum atomic E-state index is 0.425. The van der Waals surface area contributed by atoms with Crippen LogP contribution in [0.1, 0.15) is 22.3 Å². The van der Waals surface area contributed by atoms with Gasteiger partial charge in [-0.05, 0) is 55.2 Å². The topological polar surface area (TPSA) is 23.5 Å². The van der Waals surface area contributed by atoms with Crippen molar-refractivity contribution in [3.05, 3.63) is 82.9 Å². The van der Waals surface area contributed by atoms with Crippen molar-refractivity contribution in [2.24, 2.45) is 0 Å². The molecule has 3 aromatic carbocycles. The lowest BCUT2D eigenvalue weighted by Gasteiger charge is -2.24. The van der Waals surface area contributed by atoms with Crippen molar-refractivity contribution in [2.45, 2.75) is 27.3 Å². The first-order chi connectivity index (χ1) is 12.5. The Hall–Kier alpha value is -2.31. The van der Waals surface area contributed by atoms with Crippen LogP contribution in [0.4, 0.5) is 5.69 Å². The number of aromatic hydroxyl groups is 1. The van der Waals surface area contributed by atoms with E-state index in [1.165, 1.54) is 27.7 Å². The number of hydrogen-bond acceptors (Lipinski definition) is 2. The van der Waals surface area contributed by atoms with Gasteiger partial charge in [0, 0.05) is 29.9 Å². The van der Waals surface area contributed by atoms with Crippen LogP contribution in [-0.2, 0) is 6.54 Å². The first-order valence-corrected chi connectivity index (χ1v) is 9.87. The first kappa shape index (κ1) is 18.5. The molecular formula is C23H26NOP. The van der Waals surface area contributed by atoms with Gasteiger partial charge >= 0.3 is 0 Å². The fraction of sp³-hybridized carbons (Fsp3) is 0.217. The highest BCUT2D eigenvalue weighted by atomic mass is 31.1. The van der Waals surface area contributed by atoms with Gasteiger partial charge in [-0.3, -0.25) is 0 Å². The lowest BCUT2D eigenvalue weighted by atomic mass is 10.1. The molecule has 2 nitrogen and oxygen atoms in total. The Kier molecular flexibility index (Phi) is 5.64. The van der Waals surface area contributed by atoms with Crippen LogP contribution >= 0.6 is 8.58 Å². The van der Waals surface area contributed by atoms with E-state index in [9.17, 15) is 5.11 Å². The summed E-state index contributed by atoms with van der Waals surface area (Å²) in [6, 6.07) is 21.1. The average molecular weight is 363 g/mol. The second kappa shape index (κ2) is 7.93. The molecule has 0 aliphatic heterocycles. The number of benzene rings is 3. The standard InChI is InChI=1S/C23H26NOP/c1-16-13-18(3)22(25)21(14-16)26-23-17(2)9-8-12-20(23)24(4)15-19-10-6-5-7-11-19/h5-14,25-26H,15H2,1-4H3. The van der Waals surface area contributed by atoms with Crippen LogP contribution in [0, 0.1) is 20.8 Å². The Labute approximate surface area is 158 Å². The lowest BCUT2D eigenvalue weighted by molar-refractivity contribution is 0.475. The largest absolute Gasteiger partial charge is 0.507 e. The van der Waals surface area contributed by atoms with Crippen LogP contribution in [-0.4, -0.2) is 12.2 Å². The highest BCUT2D eigenvalue weighted by Crippen LogP contribution is 2.28. The Morgan fingerprint density at radius 3 is 2.35 bits per heavy atom.